The van der Waals surface area contributed by atoms with Crippen molar-refractivity contribution in [2.24, 2.45) is 11.3 Å². The van der Waals surface area contributed by atoms with Gasteiger partial charge in [0.05, 0.1) is 25.5 Å². The maximum atomic E-state index is 12.7. The number of nitrogens with one attached hydrogen (secondary N) is 2. The second-order valence-electron chi connectivity index (χ2n) is 13.5. The summed E-state index contributed by atoms with van der Waals surface area (Å²) in [7, 11) is -16.4. The Hall–Kier alpha value is -2.77. The largest absolute Gasteiger partial charge is 0.481 e. The molecule has 1 saturated heterocycles. The van der Waals surface area contributed by atoms with Crippen LogP contribution in [0.5, 0.6) is 0 Å². The van der Waals surface area contributed by atoms with Crippen molar-refractivity contribution < 1.29 is 85.3 Å². The number of Topliss-reactive ketones (excluding diaryl/α,β-unsaturated/α-hetero) is 1. The number of ether oxygens (including phenoxy) is 1. The molecule has 8 atom stereocenters. The number of carbonyl (C=O) groups excluding carboxylic acids is 4. The van der Waals surface area contributed by atoms with E-state index in [1.807, 2.05) is 0 Å². The number of nitrogens with zero attached hydrogens (tertiary/aromatic N) is 4. The quantitative estimate of drug-likeness (QED) is 0.0456. The molecule has 0 aromatic carbocycles. The number of carbonyl (C=O) groups is 4. The third-order valence-corrected chi connectivity index (χ3v) is 12.7. The lowest BCUT2D eigenvalue weighted by Crippen LogP contribution is -2.46. The van der Waals surface area contributed by atoms with Crippen LogP contribution in [-0.2, 0) is 55.5 Å². The number of hydrogen-bond donors (Lipinski definition) is 9. The number of aromatic nitrogens is 4. The van der Waals surface area contributed by atoms with Crippen molar-refractivity contribution in [3.05, 3.63) is 12.7 Å². The number of nitrogens with two attached hydrogens (primary N) is 1. The summed E-state index contributed by atoms with van der Waals surface area (Å²) in [4.78, 5) is 99.8. The number of phosphoric ester groups is 3. The van der Waals surface area contributed by atoms with E-state index in [2.05, 4.69) is 34.4 Å². The molecule has 29 heteroatoms. The fourth-order valence-corrected chi connectivity index (χ4v) is 9.30. The first-order valence-electron chi connectivity index (χ1n) is 17.1. The van der Waals surface area contributed by atoms with Gasteiger partial charge in [0, 0.05) is 37.1 Å². The van der Waals surface area contributed by atoms with Gasteiger partial charge in [-0.05, 0) is 12.8 Å². The molecule has 1 aliphatic carbocycles. The van der Waals surface area contributed by atoms with Crippen LogP contribution in [-0.4, -0.2) is 128 Å². The number of aliphatic hydroxyl groups excluding tert-OH is 2. The second-order valence-corrected chi connectivity index (χ2v) is 18.8. The zero-order chi connectivity index (χ0) is 42.3. The van der Waals surface area contributed by atoms with Crippen LogP contribution in [0.1, 0.15) is 52.2 Å². The van der Waals surface area contributed by atoms with Crippen LogP contribution in [0.3, 0.4) is 0 Å². The molecule has 4 unspecified atom stereocenters. The van der Waals surface area contributed by atoms with Gasteiger partial charge in [0.1, 0.15) is 42.0 Å². The predicted octanol–water partition coefficient (Wildman–Crippen LogP) is -0.576. The molecule has 2 aromatic rings. The number of ketones is 1. The summed E-state index contributed by atoms with van der Waals surface area (Å²) in [6.07, 6.45) is -4.51. The lowest BCUT2D eigenvalue weighted by Gasteiger charge is -2.30. The third kappa shape index (κ3) is 13.4. The van der Waals surface area contributed by atoms with Gasteiger partial charge in [-0.2, -0.15) is 4.31 Å². The number of amides is 2. The maximum Gasteiger partial charge on any atom is 0.481 e. The zero-order valence-corrected chi connectivity index (χ0v) is 33.9. The van der Waals surface area contributed by atoms with E-state index in [1.54, 1.807) is 0 Å². The average Bonchev–Trinajstić information content (AvgIpc) is 3.68. The van der Waals surface area contributed by atoms with Crippen molar-refractivity contribution in [2.75, 3.05) is 37.8 Å². The molecule has 0 radical (unpaired) electrons. The van der Waals surface area contributed by atoms with Crippen LogP contribution in [0, 0.1) is 11.3 Å². The normalized spacial score (nSPS) is 24.4. The lowest BCUT2D eigenvalue weighted by molar-refractivity contribution is -0.137. The van der Waals surface area contributed by atoms with Gasteiger partial charge in [0.2, 0.25) is 11.8 Å². The van der Waals surface area contributed by atoms with Crippen LogP contribution in [0.2, 0.25) is 0 Å². The molecule has 0 bridgehead atoms. The van der Waals surface area contributed by atoms with Gasteiger partial charge in [-0.15, -0.1) is 0 Å². The van der Waals surface area contributed by atoms with Crippen LogP contribution < -0.4 is 16.4 Å². The topological polar surface area (TPSA) is 381 Å². The van der Waals surface area contributed by atoms with E-state index in [4.69, 9.17) is 19.5 Å². The summed E-state index contributed by atoms with van der Waals surface area (Å²) in [6.45, 7) is 0.346. The van der Waals surface area contributed by atoms with E-state index in [0.717, 1.165) is 41.8 Å². The van der Waals surface area contributed by atoms with Crippen molar-refractivity contribution >= 4 is 74.9 Å². The number of phosphoric acid groups is 3. The van der Waals surface area contributed by atoms with Gasteiger partial charge in [0.15, 0.2) is 22.8 Å². The Labute approximate surface area is 328 Å². The van der Waals surface area contributed by atoms with E-state index in [9.17, 15) is 62.7 Å². The highest BCUT2D eigenvalue weighted by Gasteiger charge is 2.50. The Morgan fingerprint density at radius 3 is 2.46 bits per heavy atom. The van der Waals surface area contributed by atoms with Gasteiger partial charge < -0.3 is 50.9 Å². The maximum absolute atomic E-state index is 12.7. The molecule has 25 nitrogen and oxygen atoms in total. The van der Waals surface area contributed by atoms with E-state index >= 15 is 0 Å². The minimum absolute atomic E-state index is 0.0256. The van der Waals surface area contributed by atoms with Crippen molar-refractivity contribution in [1.29, 1.82) is 0 Å². The van der Waals surface area contributed by atoms with Crippen LogP contribution in [0.15, 0.2) is 12.7 Å². The fourth-order valence-electron chi connectivity index (χ4n) is 5.61. The molecule has 2 aromatic heterocycles. The Morgan fingerprint density at radius 1 is 1.07 bits per heavy atom. The highest BCUT2D eigenvalue weighted by molar-refractivity contribution is 8.13. The summed E-state index contributed by atoms with van der Waals surface area (Å²) >= 11 is 0.960. The highest BCUT2D eigenvalue weighted by Crippen LogP contribution is 2.61. The number of nitrogen functional groups attached to an aromatic ring is 1. The number of anilines is 1. The molecule has 0 spiro atoms. The lowest BCUT2D eigenvalue weighted by atomic mass is 9.87. The van der Waals surface area contributed by atoms with E-state index < -0.39 is 90.5 Å². The zero-order valence-electron chi connectivity index (χ0n) is 30.4. The summed E-state index contributed by atoms with van der Waals surface area (Å²) in [5.74, 6) is -1.96. The van der Waals surface area contributed by atoms with Crippen LogP contribution in [0.4, 0.5) is 5.82 Å². The highest BCUT2D eigenvalue weighted by atomic mass is 32.2. The van der Waals surface area contributed by atoms with E-state index in [-0.39, 0.29) is 53.1 Å². The minimum atomic E-state index is -5.58. The fraction of sp³-hybridized carbons (Fsp3) is 0.679. The summed E-state index contributed by atoms with van der Waals surface area (Å²) in [6, 6.07) is 0. The first-order valence-corrected chi connectivity index (χ1v) is 22.6. The number of imidazole rings is 1. The number of fused-ring (bicyclic) bond motifs is 1. The molecule has 3 heterocycles. The van der Waals surface area contributed by atoms with Crippen LogP contribution in [0.25, 0.3) is 11.2 Å². The number of aliphatic hydroxyl groups is 2. The Morgan fingerprint density at radius 2 is 1.77 bits per heavy atom. The first-order chi connectivity index (χ1) is 26.5. The van der Waals surface area contributed by atoms with Gasteiger partial charge in [0.25, 0.3) is 0 Å². The molecule has 4 rings (SSSR count). The summed E-state index contributed by atoms with van der Waals surface area (Å²) in [5, 5.41) is 26.1. The molecule has 320 valence electrons. The summed E-state index contributed by atoms with van der Waals surface area (Å²) in [5.41, 5.74) is 4.23. The monoisotopic (exact) mass is 891 g/mol. The van der Waals surface area contributed by atoms with Crippen molar-refractivity contribution in [3.8, 4) is 0 Å². The average molecular weight is 892 g/mol. The third-order valence-electron chi connectivity index (χ3n) is 8.59. The molecule has 1 aliphatic heterocycles. The molecule has 10 N–H and O–H groups in total. The Bertz CT molecular complexity index is 1930. The predicted molar refractivity (Wildman–Crippen MR) is 194 cm³/mol. The Balaban J connectivity index is 1.22. The summed E-state index contributed by atoms with van der Waals surface area (Å²) < 4.78 is 62.1. The SMILES string of the molecule is CC(C)(COP(=O)(O)OP(=O)(O)OC[C@H]1O[C@@H](n2cnc3c(N)ncnc32)[C@H](O)[C@@H]1OP(=O)(O)O)C(O)C(=O)NCCC(=O)NCCSC(=O)C1CCCCC1=O. The molecule has 2 amide bonds. The molecular weight excluding hydrogens is 847 g/mol. The first kappa shape index (κ1) is 46.9. The van der Waals surface area contributed by atoms with Gasteiger partial charge >= 0.3 is 23.5 Å². The van der Waals surface area contributed by atoms with Gasteiger partial charge in [-0.25, -0.2) is 28.6 Å². The minimum Gasteiger partial charge on any atom is -0.386 e. The van der Waals surface area contributed by atoms with Crippen LogP contribution >= 0.6 is 35.2 Å². The molecule has 2 fully saturated rings. The molecular formula is C28H44N7O18P3S. The van der Waals surface area contributed by atoms with E-state index in [0.29, 0.717) is 12.8 Å². The van der Waals surface area contributed by atoms with E-state index in [1.165, 1.54) is 13.8 Å². The second kappa shape index (κ2) is 19.5. The van der Waals surface area contributed by atoms with Crippen molar-refractivity contribution in [2.45, 2.75) is 76.6 Å². The van der Waals surface area contributed by atoms with Gasteiger partial charge in [-0.3, -0.25) is 37.3 Å². The standard InChI is InChI=1S/C28H44N7O18P3S/c1-28(2,22(39)25(40)31-8-7-18(37)30-9-10-57-27(41)15-5-3-4-6-16(15)36)12-50-56(47,48)53-55(45,46)49-11-17-21(52-54(42,43)44)20(38)26(51-17)35-14-34-19-23(29)32-13-33-24(19)35/h13-15,17,20-22,26,38-39H,3-12H2,1-2H3,(H,30,37)(H,31,40)(H,45,46)(H,47,48)(H2,29,32,33)(H2,42,43,44)/t15?,17-,20-,21-,22?,26-/m1/s1. The number of hydrogen-bond acceptors (Lipinski definition) is 19. The number of rotatable bonds is 20. The molecule has 2 aliphatic rings. The van der Waals surface area contributed by atoms with Crippen molar-refractivity contribution in [1.82, 2.24) is 30.2 Å². The molecule has 57 heavy (non-hydrogen) atoms. The van der Waals surface area contributed by atoms with Crippen molar-refractivity contribution in [3.63, 3.8) is 0 Å². The molecule has 1 saturated carbocycles. The van der Waals surface area contributed by atoms with Gasteiger partial charge in [-0.1, -0.05) is 32.0 Å². The number of thioether (sulfide) groups is 1. The smallest absolute Gasteiger partial charge is 0.386 e. The Kier molecular flexibility index (Phi) is 16.1.